The zero-order chi connectivity index (χ0) is 43.3. The number of anilines is 2. The molecule has 5 aromatic heterocycles. The molecule has 0 bridgehead atoms. The lowest BCUT2D eigenvalue weighted by Gasteiger charge is -2.44. The number of nitrogens with zero attached hydrogens (tertiary/aromatic N) is 9. The predicted octanol–water partition coefficient (Wildman–Crippen LogP) is 10.1. The van der Waals surface area contributed by atoms with E-state index < -0.39 is 34.2 Å². The molecule has 0 saturated heterocycles. The van der Waals surface area contributed by atoms with Crippen molar-refractivity contribution < 1.29 is 27.8 Å². The topological polar surface area (TPSA) is 149 Å². The molecule has 0 N–H and O–H groups in total. The third-order valence-corrected chi connectivity index (χ3v) is 11.6. The first kappa shape index (κ1) is 44.3. The molecule has 0 radical (unpaired) electrons. The highest BCUT2D eigenvalue weighted by atomic mass is 35.5. The molecule has 2 aliphatic carbocycles. The molecule has 17 heteroatoms. The summed E-state index contributed by atoms with van der Waals surface area (Å²) >= 11 is 7.39. The van der Waals surface area contributed by atoms with Crippen molar-refractivity contribution in [2.75, 3.05) is 22.9 Å². The van der Waals surface area contributed by atoms with Crippen LogP contribution in [0.5, 0.6) is 0 Å². The van der Waals surface area contributed by atoms with Crippen molar-refractivity contribution in [3.8, 4) is 10.7 Å². The van der Waals surface area contributed by atoms with Crippen LogP contribution in [0.3, 0.4) is 0 Å². The number of pyridine rings is 2. The van der Waals surface area contributed by atoms with Crippen LogP contribution >= 0.6 is 22.9 Å². The summed E-state index contributed by atoms with van der Waals surface area (Å²) in [5, 5.41) is 17.5. The lowest BCUT2D eigenvalue weighted by molar-refractivity contribution is 0.0547. The van der Waals surface area contributed by atoms with E-state index in [0.717, 1.165) is 54.8 Å². The van der Waals surface area contributed by atoms with E-state index in [4.69, 9.17) is 21.1 Å². The fraction of sp³-hybridized carbons (Fsp3) is 0.465. The third-order valence-electron chi connectivity index (χ3n) is 10.2. The van der Waals surface area contributed by atoms with Gasteiger partial charge in [0.15, 0.2) is 16.8 Å². The van der Waals surface area contributed by atoms with Gasteiger partial charge >= 0.3 is 12.2 Å². The van der Waals surface area contributed by atoms with Crippen molar-refractivity contribution in [3.63, 3.8) is 0 Å². The van der Waals surface area contributed by atoms with Gasteiger partial charge in [-0.25, -0.2) is 23.4 Å². The number of aryl methyl sites for hydroxylation is 1. The van der Waals surface area contributed by atoms with Gasteiger partial charge in [0, 0.05) is 47.4 Å². The van der Waals surface area contributed by atoms with Gasteiger partial charge < -0.3 is 9.47 Å². The van der Waals surface area contributed by atoms with Gasteiger partial charge in [0.05, 0.1) is 11.4 Å². The number of carbonyl (C=O) groups excluding carboxylic acids is 2. The third kappa shape index (κ3) is 10.6. The van der Waals surface area contributed by atoms with Crippen LogP contribution in [0.25, 0.3) is 10.7 Å². The van der Waals surface area contributed by atoms with E-state index in [-0.39, 0.29) is 29.9 Å². The number of aromatic nitrogens is 7. The van der Waals surface area contributed by atoms with E-state index >= 15 is 0 Å². The van der Waals surface area contributed by atoms with E-state index in [9.17, 15) is 18.4 Å². The van der Waals surface area contributed by atoms with Gasteiger partial charge in [0.2, 0.25) is 0 Å². The van der Waals surface area contributed by atoms with Crippen molar-refractivity contribution in [3.05, 3.63) is 100 Å². The second kappa shape index (κ2) is 18.2. The van der Waals surface area contributed by atoms with E-state index in [1.54, 1.807) is 80.9 Å². The number of halogens is 3. The zero-order valence-electron chi connectivity index (χ0n) is 34.9. The summed E-state index contributed by atoms with van der Waals surface area (Å²) in [6.07, 6.45) is 9.56. The van der Waals surface area contributed by atoms with Crippen molar-refractivity contribution >= 4 is 46.8 Å². The highest BCUT2D eigenvalue weighted by Crippen LogP contribution is 2.46. The first-order chi connectivity index (χ1) is 28.4. The summed E-state index contributed by atoms with van der Waals surface area (Å²) in [5.74, 6) is -0.0825. The Balaban J connectivity index is 0.000000205. The standard InChI is InChI=1S/C24H28FN5O2S.C19H22ClFN4O2/c1-5-16-14-27-21(33-16)18-9-10-19(29-28-18)30(22(31)32-23(2,3)4)15-24(11-7-12-24)20-17(25)8-6-13-26-20;1-18(2,3)27-17(26)25(15-8-7-14(20)23-24-15)12-19(9-5-10-19)16-13(21)6-4-11-22-16/h6,8-10,13-14H,5,7,11-12,15H2,1-4H3;4,6-8,11H,5,9-10,12H2,1-3H3. The summed E-state index contributed by atoms with van der Waals surface area (Å²) in [4.78, 5) is 43.1. The van der Waals surface area contributed by atoms with Crippen LogP contribution in [0, 0.1) is 11.6 Å². The smallest absolute Gasteiger partial charge is 0.416 e. The lowest BCUT2D eigenvalue weighted by Crippen LogP contribution is -2.50. The van der Waals surface area contributed by atoms with Gasteiger partial charge in [0.1, 0.15) is 33.5 Å². The van der Waals surface area contributed by atoms with Gasteiger partial charge in [-0.15, -0.1) is 31.7 Å². The molecular formula is C43H50ClF2N9O4S. The molecule has 60 heavy (non-hydrogen) atoms. The van der Waals surface area contributed by atoms with Crippen LogP contribution < -0.4 is 9.80 Å². The van der Waals surface area contributed by atoms with Crippen LogP contribution in [0.1, 0.15) is 103 Å². The van der Waals surface area contributed by atoms with Crippen molar-refractivity contribution in [2.45, 2.75) is 115 Å². The molecule has 0 aliphatic heterocycles. The normalized spacial score (nSPS) is 15.4. The maximum Gasteiger partial charge on any atom is 0.416 e. The number of ether oxygens (including phenoxy) is 2. The second-order valence-electron chi connectivity index (χ2n) is 17.0. The largest absolute Gasteiger partial charge is 0.443 e. The van der Waals surface area contributed by atoms with Crippen LogP contribution in [-0.2, 0) is 26.7 Å². The summed E-state index contributed by atoms with van der Waals surface area (Å²) in [5.41, 5.74) is -1.16. The second-order valence-corrected chi connectivity index (χ2v) is 18.5. The fourth-order valence-electron chi connectivity index (χ4n) is 7.04. The molecule has 0 spiro atoms. The maximum absolute atomic E-state index is 14.7. The Morgan fingerprint density at radius 1 is 0.717 bits per heavy atom. The first-order valence-corrected chi connectivity index (χ1v) is 21.1. The summed E-state index contributed by atoms with van der Waals surface area (Å²) < 4.78 is 40.3. The molecule has 2 saturated carbocycles. The number of rotatable bonds is 10. The van der Waals surface area contributed by atoms with Gasteiger partial charge in [0.25, 0.3) is 0 Å². The molecule has 2 fully saturated rings. The molecule has 5 aromatic rings. The van der Waals surface area contributed by atoms with Gasteiger partial charge in [-0.3, -0.25) is 19.8 Å². The van der Waals surface area contributed by atoms with Crippen LogP contribution in [0.15, 0.2) is 67.1 Å². The highest BCUT2D eigenvalue weighted by Gasteiger charge is 2.47. The van der Waals surface area contributed by atoms with Crippen molar-refractivity contribution in [1.29, 1.82) is 0 Å². The van der Waals surface area contributed by atoms with Gasteiger partial charge in [-0.2, -0.15) is 0 Å². The SMILES string of the molecule is CC(C)(C)OC(=O)N(CC1(c2ncccc2F)CCC1)c1ccc(Cl)nn1.CCc1cnc(-c2ccc(N(CC3(c4ncccc4F)CCC3)C(=O)OC(C)(C)C)nn2)s1. The molecule has 0 unspecified atom stereocenters. The monoisotopic (exact) mass is 861 g/mol. The average molecular weight is 862 g/mol. The van der Waals surface area contributed by atoms with Crippen molar-refractivity contribution in [1.82, 2.24) is 35.3 Å². The number of hydrogen-bond donors (Lipinski definition) is 0. The molecular weight excluding hydrogens is 812 g/mol. The Hall–Kier alpha value is -5.22. The Bertz CT molecular complexity index is 2260. The summed E-state index contributed by atoms with van der Waals surface area (Å²) in [6.45, 7) is 13.3. The Labute approximate surface area is 358 Å². The van der Waals surface area contributed by atoms with E-state index in [0.29, 0.717) is 28.7 Å². The average Bonchev–Trinajstić information content (AvgIpc) is 3.65. The fourth-order valence-corrected chi connectivity index (χ4v) is 7.96. The number of hydrogen-bond acceptors (Lipinski definition) is 12. The minimum atomic E-state index is -0.691. The minimum Gasteiger partial charge on any atom is -0.443 e. The van der Waals surface area contributed by atoms with Crippen molar-refractivity contribution in [2.24, 2.45) is 0 Å². The van der Waals surface area contributed by atoms with E-state index in [2.05, 4.69) is 42.3 Å². The van der Waals surface area contributed by atoms with Crippen LogP contribution in [0.2, 0.25) is 5.15 Å². The summed E-state index contributed by atoms with van der Waals surface area (Å²) in [7, 11) is 0. The lowest BCUT2D eigenvalue weighted by atomic mass is 9.66. The predicted molar refractivity (Wildman–Crippen MR) is 226 cm³/mol. The van der Waals surface area contributed by atoms with Gasteiger partial charge in [-0.1, -0.05) is 31.4 Å². The highest BCUT2D eigenvalue weighted by molar-refractivity contribution is 7.15. The van der Waals surface area contributed by atoms with Gasteiger partial charge in [-0.05, 0) is 122 Å². The molecule has 2 amide bonds. The molecule has 2 aliphatic rings. The molecule has 7 rings (SSSR count). The molecule has 5 heterocycles. The first-order valence-electron chi connectivity index (χ1n) is 19.9. The van der Waals surface area contributed by atoms with E-state index in [1.807, 2.05) is 27.0 Å². The molecule has 0 atom stereocenters. The number of amides is 2. The van der Waals surface area contributed by atoms with E-state index in [1.165, 1.54) is 21.9 Å². The molecule has 0 aromatic carbocycles. The van der Waals surface area contributed by atoms with Crippen LogP contribution in [0.4, 0.5) is 30.0 Å². The maximum atomic E-state index is 14.7. The molecule has 13 nitrogen and oxygen atoms in total. The Morgan fingerprint density at radius 3 is 1.55 bits per heavy atom. The Kier molecular flexibility index (Phi) is 13.4. The zero-order valence-corrected chi connectivity index (χ0v) is 36.5. The Morgan fingerprint density at radius 2 is 1.20 bits per heavy atom. The minimum absolute atomic E-state index is 0.201. The number of thiazole rings is 1. The quantitative estimate of drug-likeness (QED) is 0.132. The molecule has 318 valence electrons. The number of carbonyl (C=O) groups is 2. The van der Waals surface area contributed by atoms with Crippen LogP contribution in [-0.4, -0.2) is 71.8 Å². The summed E-state index contributed by atoms with van der Waals surface area (Å²) in [6, 6.07) is 12.6.